The zero-order valence-electron chi connectivity index (χ0n) is 13.1. The summed E-state index contributed by atoms with van der Waals surface area (Å²) in [4.78, 5) is 4.34. The van der Waals surface area contributed by atoms with Gasteiger partial charge in [0, 0.05) is 29.8 Å². The second kappa shape index (κ2) is 5.82. The molecule has 5 nitrogen and oxygen atoms in total. The Bertz CT molecular complexity index is 800. The Morgan fingerprint density at radius 2 is 2.25 bits per heavy atom. The highest BCUT2D eigenvalue weighted by molar-refractivity contribution is 8.14. The number of thioether (sulfide) groups is 1. The van der Waals surface area contributed by atoms with Gasteiger partial charge in [0.05, 0.1) is 23.2 Å². The van der Waals surface area contributed by atoms with Gasteiger partial charge in [-0.25, -0.2) is 4.39 Å². The Labute approximate surface area is 143 Å². The fourth-order valence-electron chi connectivity index (χ4n) is 3.46. The predicted octanol–water partition coefficient (Wildman–Crippen LogP) is 2.57. The highest BCUT2D eigenvalue weighted by atomic mass is 32.2. The molecule has 1 aromatic heterocycles. The van der Waals surface area contributed by atoms with E-state index < -0.39 is 4.75 Å². The van der Waals surface area contributed by atoms with Crippen LogP contribution < -0.4 is 5.73 Å². The van der Waals surface area contributed by atoms with Gasteiger partial charge in [0.15, 0.2) is 5.17 Å². The Kier molecular flexibility index (Phi) is 3.77. The van der Waals surface area contributed by atoms with Crippen LogP contribution in [0.15, 0.2) is 41.5 Å². The van der Waals surface area contributed by atoms with Crippen molar-refractivity contribution in [3.8, 4) is 11.3 Å². The number of ether oxygens (including phenoxy) is 1. The lowest BCUT2D eigenvalue weighted by molar-refractivity contribution is 0.107. The summed E-state index contributed by atoms with van der Waals surface area (Å²) in [6, 6.07) is 8.72. The fraction of sp³-hybridized carbons (Fsp3) is 0.353. The summed E-state index contributed by atoms with van der Waals surface area (Å²) in [5, 5.41) is 8.50. The average molecular weight is 344 g/mol. The number of aliphatic imine (C=N–C) groups is 1. The van der Waals surface area contributed by atoms with Crippen molar-refractivity contribution in [1.29, 1.82) is 0 Å². The van der Waals surface area contributed by atoms with Crippen molar-refractivity contribution in [3.05, 3.63) is 47.9 Å². The van der Waals surface area contributed by atoms with Crippen LogP contribution in [0.4, 0.5) is 4.39 Å². The summed E-state index contributed by atoms with van der Waals surface area (Å²) in [6.45, 7) is 2.98. The Balaban J connectivity index is 1.85. The molecule has 0 radical (unpaired) electrons. The molecule has 0 aliphatic carbocycles. The lowest BCUT2D eigenvalue weighted by Crippen LogP contribution is -2.41. The first-order valence-corrected chi connectivity index (χ1v) is 8.60. The van der Waals surface area contributed by atoms with Gasteiger partial charge in [-0.15, -0.1) is 0 Å². The molecule has 2 N–H and O–H groups in total. The number of fused-ring (bicyclic) bond motifs is 1. The third kappa shape index (κ3) is 2.39. The van der Waals surface area contributed by atoms with Gasteiger partial charge in [0.25, 0.3) is 0 Å². The molecule has 2 aliphatic heterocycles. The molecule has 0 saturated carbocycles. The molecule has 7 heteroatoms. The van der Waals surface area contributed by atoms with Crippen LogP contribution in [-0.2, 0) is 9.48 Å². The van der Waals surface area contributed by atoms with Gasteiger partial charge in [0.1, 0.15) is 5.82 Å². The molecule has 3 heterocycles. The van der Waals surface area contributed by atoms with Crippen LogP contribution in [0.3, 0.4) is 0 Å². The van der Waals surface area contributed by atoms with E-state index in [0.29, 0.717) is 29.6 Å². The summed E-state index contributed by atoms with van der Waals surface area (Å²) in [6.07, 6.45) is 1.62. The zero-order chi connectivity index (χ0) is 16.7. The monoisotopic (exact) mass is 344 g/mol. The normalized spacial score (nSPS) is 29.2. The molecule has 0 amide bonds. The summed E-state index contributed by atoms with van der Waals surface area (Å²) in [5.74, 6) is -0.172. The van der Waals surface area contributed by atoms with E-state index in [0.717, 1.165) is 5.56 Å². The van der Waals surface area contributed by atoms with Crippen LogP contribution in [0.25, 0.3) is 11.3 Å². The lowest BCUT2D eigenvalue weighted by Gasteiger charge is -2.37. The van der Waals surface area contributed by atoms with Gasteiger partial charge in [0.2, 0.25) is 0 Å². The second-order valence-corrected chi connectivity index (χ2v) is 7.45. The van der Waals surface area contributed by atoms with Crippen molar-refractivity contribution in [3.63, 3.8) is 0 Å². The smallest absolute Gasteiger partial charge is 0.154 e. The van der Waals surface area contributed by atoms with Crippen LogP contribution >= 0.6 is 11.8 Å². The third-order valence-electron chi connectivity index (χ3n) is 4.75. The molecule has 1 aromatic carbocycles. The summed E-state index contributed by atoms with van der Waals surface area (Å²) < 4.78 is 20.1. The molecule has 0 unspecified atom stereocenters. The van der Waals surface area contributed by atoms with Crippen LogP contribution in [0, 0.1) is 11.7 Å². The molecule has 1 saturated heterocycles. The summed E-state index contributed by atoms with van der Waals surface area (Å²) in [5.41, 5.74) is 8.11. The minimum absolute atomic E-state index is 0.00826. The standard InChI is InChI=1S/C17H17FN4OS/c1-10-13-8-20-16(19)24-17(13,9-23-10)12-7-11(4-5-14(12)18)15-3-2-6-21-22-15/h2-7,10,13H,8-9H2,1H3,(H2,19,20)/t10-,13+,17-/m1/s1. The van der Waals surface area contributed by atoms with Gasteiger partial charge in [-0.05, 0) is 37.3 Å². The second-order valence-electron chi connectivity index (χ2n) is 6.10. The number of hydrogen-bond acceptors (Lipinski definition) is 6. The molecule has 1 fully saturated rings. The summed E-state index contributed by atoms with van der Waals surface area (Å²) >= 11 is 1.41. The number of benzene rings is 1. The first kappa shape index (κ1) is 15.5. The van der Waals surface area contributed by atoms with Crippen molar-refractivity contribution in [2.45, 2.75) is 17.8 Å². The van der Waals surface area contributed by atoms with Crippen molar-refractivity contribution in [2.24, 2.45) is 16.6 Å². The van der Waals surface area contributed by atoms with Crippen molar-refractivity contribution >= 4 is 16.9 Å². The maximum atomic E-state index is 14.8. The molecular formula is C17H17FN4OS. The molecule has 124 valence electrons. The van der Waals surface area contributed by atoms with E-state index in [4.69, 9.17) is 10.5 Å². The SMILES string of the molecule is C[C@H]1OC[C@]2(c3cc(-c4cccnn4)ccc3F)SC(N)=NC[C@@H]12. The van der Waals surface area contributed by atoms with E-state index in [-0.39, 0.29) is 17.8 Å². The molecule has 24 heavy (non-hydrogen) atoms. The van der Waals surface area contributed by atoms with E-state index in [1.54, 1.807) is 12.3 Å². The largest absolute Gasteiger partial charge is 0.379 e. The van der Waals surface area contributed by atoms with Gasteiger partial charge in [-0.1, -0.05) is 11.8 Å². The number of hydrogen-bond donors (Lipinski definition) is 1. The van der Waals surface area contributed by atoms with Crippen LogP contribution in [0.1, 0.15) is 12.5 Å². The molecule has 2 aromatic rings. The Hall–Kier alpha value is -1.99. The zero-order valence-corrected chi connectivity index (χ0v) is 14.0. The van der Waals surface area contributed by atoms with Gasteiger partial charge >= 0.3 is 0 Å². The van der Waals surface area contributed by atoms with E-state index in [1.165, 1.54) is 17.8 Å². The third-order valence-corrected chi connectivity index (χ3v) is 6.09. The Morgan fingerprint density at radius 3 is 3.04 bits per heavy atom. The Morgan fingerprint density at radius 1 is 1.38 bits per heavy atom. The van der Waals surface area contributed by atoms with E-state index in [2.05, 4.69) is 15.2 Å². The molecule has 4 rings (SSSR count). The molecule has 3 atom stereocenters. The lowest BCUT2D eigenvalue weighted by atomic mass is 9.83. The molecule has 0 spiro atoms. The average Bonchev–Trinajstić information content (AvgIpc) is 2.93. The van der Waals surface area contributed by atoms with E-state index in [1.807, 2.05) is 25.1 Å². The number of nitrogens with two attached hydrogens (primary N) is 1. The van der Waals surface area contributed by atoms with Crippen molar-refractivity contribution in [1.82, 2.24) is 10.2 Å². The number of halogens is 1. The minimum Gasteiger partial charge on any atom is -0.379 e. The minimum atomic E-state index is -0.548. The maximum Gasteiger partial charge on any atom is 0.154 e. The molecular weight excluding hydrogens is 327 g/mol. The first-order chi connectivity index (χ1) is 11.6. The first-order valence-electron chi connectivity index (χ1n) is 7.79. The van der Waals surface area contributed by atoms with Crippen LogP contribution in [-0.4, -0.2) is 34.6 Å². The molecule has 2 aliphatic rings. The highest BCUT2D eigenvalue weighted by Gasteiger charge is 2.53. The molecule has 0 bridgehead atoms. The number of aromatic nitrogens is 2. The van der Waals surface area contributed by atoms with E-state index >= 15 is 0 Å². The van der Waals surface area contributed by atoms with Crippen LogP contribution in [0.5, 0.6) is 0 Å². The fourth-order valence-corrected chi connectivity index (χ4v) is 4.79. The number of rotatable bonds is 2. The van der Waals surface area contributed by atoms with E-state index in [9.17, 15) is 4.39 Å². The topological polar surface area (TPSA) is 73.4 Å². The quantitative estimate of drug-likeness (QED) is 0.906. The van der Waals surface area contributed by atoms with Gasteiger partial charge in [-0.2, -0.15) is 10.2 Å². The maximum absolute atomic E-state index is 14.8. The number of nitrogens with zero attached hydrogens (tertiary/aromatic N) is 3. The number of amidine groups is 1. The van der Waals surface area contributed by atoms with Crippen LogP contribution in [0.2, 0.25) is 0 Å². The van der Waals surface area contributed by atoms with Crippen molar-refractivity contribution in [2.75, 3.05) is 13.2 Å². The predicted molar refractivity (Wildman–Crippen MR) is 92.1 cm³/mol. The highest BCUT2D eigenvalue weighted by Crippen LogP contribution is 2.53. The summed E-state index contributed by atoms with van der Waals surface area (Å²) in [7, 11) is 0. The van der Waals surface area contributed by atoms with Crippen molar-refractivity contribution < 1.29 is 9.13 Å². The van der Waals surface area contributed by atoms with Gasteiger partial charge in [-0.3, -0.25) is 4.99 Å². The van der Waals surface area contributed by atoms with Gasteiger partial charge < -0.3 is 10.5 Å².